The molecule has 1 aliphatic heterocycles. The molecule has 3 nitrogen and oxygen atoms in total. The quantitative estimate of drug-likeness (QED) is 0.170. The van der Waals surface area contributed by atoms with Crippen LogP contribution in [0.4, 0.5) is 11.4 Å². The van der Waals surface area contributed by atoms with Gasteiger partial charge in [0.1, 0.15) is 5.84 Å². The van der Waals surface area contributed by atoms with Crippen molar-refractivity contribution in [2.75, 3.05) is 18.5 Å². The second-order valence-electron chi connectivity index (χ2n) is 14.8. The number of benzene rings is 6. The molecular weight excluding hydrogens is 679 g/mol. The van der Waals surface area contributed by atoms with Crippen molar-refractivity contribution in [3.8, 4) is 22.3 Å². The van der Waals surface area contributed by atoms with Crippen molar-refractivity contribution in [3.63, 3.8) is 0 Å². The molecule has 1 atom stereocenters. The molecule has 1 unspecified atom stereocenters. The molecule has 0 spiro atoms. The van der Waals surface area contributed by atoms with Gasteiger partial charge in [0.15, 0.2) is 0 Å². The van der Waals surface area contributed by atoms with Gasteiger partial charge in [-0.15, -0.1) is 0 Å². The van der Waals surface area contributed by atoms with Crippen LogP contribution in [-0.2, 0) is 0 Å². The van der Waals surface area contributed by atoms with Crippen LogP contribution in [0.3, 0.4) is 0 Å². The van der Waals surface area contributed by atoms with Gasteiger partial charge in [0.05, 0.1) is 18.4 Å². The van der Waals surface area contributed by atoms with Crippen LogP contribution in [0.2, 0.25) is 0 Å². The topological polar surface area (TPSA) is 18.8 Å². The number of nitrogens with zero attached hydrogens (tertiary/aromatic N) is 3. The van der Waals surface area contributed by atoms with Crippen molar-refractivity contribution < 1.29 is 0 Å². The number of aryl methyl sites for hydroxylation is 4. The average molecular weight is 734 g/mol. The number of likely N-dealkylation sites (N-methyl/N-ethyl adjacent to an activating group) is 1. The first-order valence-electron chi connectivity index (χ1n) is 19.7. The van der Waals surface area contributed by atoms with E-state index in [9.17, 15) is 0 Å². The first kappa shape index (κ1) is 39.5. The highest BCUT2D eigenvalue weighted by molar-refractivity contribution is 5.87. The summed E-state index contributed by atoms with van der Waals surface area (Å²) >= 11 is 0. The fourth-order valence-corrected chi connectivity index (χ4v) is 7.42. The third-order valence-corrected chi connectivity index (χ3v) is 10.7. The molecule has 3 heteroatoms. The third-order valence-electron chi connectivity index (χ3n) is 10.7. The maximum absolute atomic E-state index is 4.50. The summed E-state index contributed by atoms with van der Waals surface area (Å²) in [7, 11) is 2.07. The lowest BCUT2D eigenvalue weighted by molar-refractivity contribution is 0.532. The lowest BCUT2D eigenvalue weighted by atomic mass is 9.82. The smallest absolute Gasteiger partial charge is 0.101 e. The van der Waals surface area contributed by atoms with Gasteiger partial charge in [0, 0.05) is 24.3 Å². The van der Waals surface area contributed by atoms with E-state index in [1.54, 1.807) is 0 Å². The fraction of sp³-hybridized carbons (Fsp3) is 0.189. The van der Waals surface area contributed by atoms with E-state index in [0.717, 1.165) is 30.2 Å². The Morgan fingerprint density at radius 2 is 1.18 bits per heavy atom. The van der Waals surface area contributed by atoms with Crippen LogP contribution in [0, 0.1) is 27.7 Å². The van der Waals surface area contributed by atoms with Gasteiger partial charge in [-0.25, -0.2) is 4.99 Å². The van der Waals surface area contributed by atoms with Crippen molar-refractivity contribution in [1.29, 1.82) is 0 Å². The van der Waals surface area contributed by atoms with Gasteiger partial charge in [0.2, 0.25) is 0 Å². The monoisotopic (exact) mass is 733 g/mol. The molecule has 2 aliphatic rings. The number of para-hydroxylation sites is 2. The number of allylic oxidation sites excluding steroid dienone is 4. The number of aliphatic imine (C=N–C) groups is 1. The summed E-state index contributed by atoms with van der Waals surface area (Å²) in [4.78, 5) is 8.92. The predicted octanol–water partition coefficient (Wildman–Crippen LogP) is 14.0. The Kier molecular flexibility index (Phi) is 13.3. The third kappa shape index (κ3) is 9.72. The normalized spacial score (nSPS) is 14.6. The summed E-state index contributed by atoms with van der Waals surface area (Å²) in [6.07, 6.45) is 9.77. The standard InChI is InChI=1S/C28H28.C18H19N3.C7H8/c1-19-10-5-7-13-24(19)25-17-16-23(18-22(25)4)27-15-9-12-21(3)28(27)26-14-8-6-11-20(26)2;1-15-19-13-18(14-20(15)2)21(16-9-5-3-6-10-16)17-11-7-4-8-12-17;1-7-5-3-2-4-6-7/h5-12,14-18,24H,13H2,1-4H3;3-13H,14H2,1-2H3;2-6H,1H3. The number of hydrogen-bond donors (Lipinski definition) is 0. The van der Waals surface area contributed by atoms with Gasteiger partial charge < -0.3 is 9.80 Å². The van der Waals surface area contributed by atoms with Crippen LogP contribution in [-0.4, -0.2) is 24.3 Å². The van der Waals surface area contributed by atoms with Gasteiger partial charge in [-0.05, 0) is 117 Å². The van der Waals surface area contributed by atoms with E-state index in [4.69, 9.17) is 0 Å². The Hall–Kier alpha value is -6.19. The Labute approximate surface area is 335 Å². The second kappa shape index (κ2) is 18.9. The molecule has 6 aromatic rings. The molecule has 6 aromatic carbocycles. The maximum atomic E-state index is 4.50. The maximum Gasteiger partial charge on any atom is 0.101 e. The summed E-state index contributed by atoms with van der Waals surface area (Å²) in [5.74, 6) is 1.55. The Morgan fingerprint density at radius 1 is 0.589 bits per heavy atom. The van der Waals surface area contributed by atoms with Gasteiger partial charge in [-0.3, -0.25) is 0 Å². The molecule has 1 heterocycles. The SMILES string of the molecule is CC1=CC=CCC1c1ccc(-c2cccc(C)c2-c2ccccc2C)cc1C.CC1=NC=C(N(c2ccccc2)c2ccccc2)CN1C.Cc1ccccc1. The highest BCUT2D eigenvalue weighted by atomic mass is 15.2. The molecule has 56 heavy (non-hydrogen) atoms. The Morgan fingerprint density at radius 3 is 1.75 bits per heavy atom. The van der Waals surface area contributed by atoms with E-state index in [2.05, 4.69) is 196 Å². The van der Waals surface area contributed by atoms with Crippen molar-refractivity contribution >= 4 is 17.2 Å². The number of amidine groups is 1. The highest BCUT2D eigenvalue weighted by Gasteiger charge is 2.20. The van der Waals surface area contributed by atoms with Crippen LogP contribution >= 0.6 is 0 Å². The molecule has 0 aromatic heterocycles. The lowest BCUT2D eigenvalue weighted by Gasteiger charge is -2.32. The van der Waals surface area contributed by atoms with Crippen molar-refractivity contribution in [2.24, 2.45) is 4.99 Å². The summed E-state index contributed by atoms with van der Waals surface area (Å²) in [6, 6.07) is 53.5. The predicted molar refractivity (Wildman–Crippen MR) is 242 cm³/mol. The first-order chi connectivity index (χ1) is 27.2. The molecule has 0 saturated carbocycles. The molecule has 1 aliphatic carbocycles. The van der Waals surface area contributed by atoms with Gasteiger partial charge in [0.25, 0.3) is 0 Å². The van der Waals surface area contributed by atoms with E-state index in [1.165, 1.54) is 61.3 Å². The van der Waals surface area contributed by atoms with Crippen molar-refractivity contribution in [3.05, 3.63) is 215 Å². The number of hydrogen-bond acceptors (Lipinski definition) is 3. The first-order valence-corrected chi connectivity index (χ1v) is 19.7. The Bertz CT molecular complexity index is 2290. The largest absolute Gasteiger partial charge is 0.357 e. The number of anilines is 2. The zero-order chi connectivity index (χ0) is 39.4. The average Bonchev–Trinajstić information content (AvgIpc) is 3.22. The number of rotatable bonds is 6. The molecule has 8 rings (SSSR count). The van der Waals surface area contributed by atoms with Crippen LogP contribution in [0.15, 0.2) is 192 Å². The van der Waals surface area contributed by atoms with E-state index < -0.39 is 0 Å². The summed E-state index contributed by atoms with van der Waals surface area (Å²) in [6.45, 7) is 13.9. The molecule has 0 bridgehead atoms. The zero-order valence-electron chi connectivity index (χ0n) is 34.1. The minimum absolute atomic E-state index is 0.507. The van der Waals surface area contributed by atoms with E-state index in [-0.39, 0.29) is 0 Å². The van der Waals surface area contributed by atoms with E-state index in [0.29, 0.717) is 5.92 Å². The van der Waals surface area contributed by atoms with Gasteiger partial charge >= 0.3 is 0 Å². The molecule has 0 saturated heterocycles. The van der Waals surface area contributed by atoms with Crippen LogP contribution < -0.4 is 4.90 Å². The molecule has 282 valence electrons. The van der Waals surface area contributed by atoms with Gasteiger partial charge in [-0.2, -0.15) is 0 Å². The van der Waals surface area contributed by atoms with E-state index in [1.807, 2.05) is 43.5 Å². The molecule has 0 fully saturated rings. The molecule has 0 radical (unpaired) electrons. The summed E-state index contributed by atoms with van der Waals surface area (Å²) in [5.41, 5.74) is 17.0. The van der Waals surface area contributed by atoms with E-state index >= 15 is 0 Å². The van der Waals surface area contributed by atoms with Crippen LogP contribution in [0.25, 0.3) is 22.3 Å². The van der Waals surface area contributed by atoms with Crippen molar-refractivity contribution in [1.82, 2.24) is 4.90 Å². The van der Waals surface area contributed by atoms with Crippen LogP contribution in [0.5, 0.6) is 0 Å². The minimum Gasteiger partial charge on any atom is -0.357 e. The lowest BCUT2D eigenvalue weighted by Crippen LogP contribution is -2.34. The molecule has 0 amide bonds. The molecular formula is C53H55N3. The zero-order valence-corrected chi connectivity index (χ0v) is 34.1. The Balaban J connectivity index is 0.000000166. The summed E-state index contributed by atoms with van der Waals surface area (Å²) in [5, 5.41) is 0. The minimum atomic E-state index is 0.507. The fourth-order valence-electron chi connectivity index (χ4n) is 7.42. The molecule has 0 N–H and O–H groups in total. The highest BCUT2D eigenvalue weighted by Crippen LogP contribution is 2.39. The van der Waals surface area contributed by atoms with Gasteiger partial charge in [-0.1, -0.05) is 157 Å². The van der Waals surface area contributed by atoms with Crippen molar-refractivity contribution in [2.45, 2.75) is 53.9 Å². The second-order valence-corrected chi connectivity index (χ2v) is 14.8. The van der Waals surface area contributed by atoms with Crippen LogP contribution in [0.1, 0.15) is 54.0 Å². The summed E-state index contributed by atoms with van der Waals surface area (Å²) < 4.78 is 0.